The second-order valence-electron chi connectivity index (χ2n) is 10.1. The summed E-state index contributed by atoms with van der Waals surface area (Å²) >= 11 is 0. The number of nitrogens with one attached hydrogen (secondary N) is 3. The molecule has 1 aromatic heterocycles. The highest BCUT2D eigenvalue weighted by Crippen LogP contribution is 2.31. The van der Waals surface area contributed by atoms with Gasteiger partial charge in [-0.3, -0.25) is 14.6 Å². The van der Waals surface area contributed by atoms with E-state index in [2.05, 4.69) is 25.8 Å². The molecule has 0 saturated heterocycles. The van der Waals surface area contributed by atoms with Gasteiger partial charge in [-0.2, -0.15) is 0 Å². The molecular formula is C31H33N5O4. The summed E-state index contributed by atoms with van der Waals surface area (Å²) in [6, 6.07) is 18.0. The lowest BCUT2D eigenvalue weighted by Gasteiger charge is -2.18. The average molecular weight is 540 g/mol. The van der Waals surface area contributed by atoms with Crippen molar-refractivity contribution in [1.29, 1.82) is 0 Å². The number of aromatic nitrogens is 1. The zero-order valence-corrected chi connectivity index (χ0v) is 23.1. The second-order valence-corrected chi connectivity index (χ2v) is 10.1. The first-order valence-corrected chi connectivity index (χ1v) is 13.2. The fraction of sp³-hybridized carbons (Fsp3) is 0.258. The zero-order valence-electron chi connectivity index (χ0n) is 23.1. The van der Waals surface area contributed by atoms with Gasteiger partial charge in [-0.25, -0.2) is 0 Å². The van der Waals surface area contributed by atoms with Crippen LogP contribution < -0.4 is 25.4 Å². The van der Waals surface area contributed by atoms with Gasteiger partial charge in [0.2, 0.25) is 0 Å². The number of hydrogen-bond donors (Lipinski definition) is 3. The van der Waals surface area contributed by atoms with Crippen molar-refractivity contribution in [3.63, 3.8) is 0 Å². The lowest BCUT2D eigenvalue weighted by atomic mass is 10.1. The van der Waals surface area contributed by atoms with E-state index in [0.717, 1.165) is 40.9 Å². The van der Waals surface area contributed by atoms with Crippen LogP contribution in [0.4, 0.5) is 17.1 Å². The molecule has 0 fully saturated rings. The Hall–Kier alpha value is -4.63. The molecule has 0 atom stereocenters. The second kappa shape index (κ2) is 11.6. The van der Waals surface area contributed by atoms with E-state index in [9.17, 15) is 9.59 Å². The van der Waals surface area contributed by atoms with Crippen LogP contribution >= 0.6 is 0 Å². The number of nitrogens with zero attached hydrogens (tertiary/aromatic N) is 2. The highest BCUT2D eigenvalue weighted by atomic mass is 16.6. The van der Waals surface area contributed by atoms with Crippen LogP contribution in [0, 0.1) is 13.8 Å². The first kappa shape index (κ1) is 27.0. The van der Waals surface area contributed by atoms with Crippen molar-refractivity contribution in [2.75, 3.05) is 56.3 Å². The number of aryl methyl sites for hydroxylation is 2. The molecule has 3 aromatic carbocycles. The Morgan fingerprint density at radius 1 is 0.825 bits per heavy atom. The molecule has 5 rings (SSSR count). The van der Waals surface area contributed by atoms with Crippen LogP contribution in [-0.4, -0.2) is 62.1 Å². The maximum Gasteiger partial charge on any atom is 0.255 e. The molecule has 0 aliphatic carbocycles. The van der Waals surface area contributed by atoms with Crippen molar-refractivity contribution < 1.29 is 19.1 Å². The van der Waals surface area contributed by atoms with Crippen molar-refractivity contribution in [2.24, 2.45) is 0 Å². The van der Waals surface area contributed by atoms with E-state index in [1.165, 1.54) is 0 Å². The summed E-state index contributed by atoms with van der Waals surface area (Å²) in [5, 5.41) is 10.3. The minimum atomic E-state index is -0.287. The first-order valence-electron chi connectivity index (χ1n) is 13.2. The highest BCUT2D eigenvalue weighted by Gasteiger charge is 2.16. The Labute approximate surface area is 233 Å². The molecule has 3 N–H and O–H groups in total. The number of hydrogen-bond acceptors (Lipinski definition) is 7. The smallest absolute Gasteiger partial charge is 0.255 e. The molecule has 2 heterocycles. The van der Waals surface area contributed by atoms with Gasteiger partial charge in [-0.1, -0.05) is 6.07 Å². The maximum absolute atomic E-state index is 13.3. The van der Waals surface area contributed by atoms with Gasteiger partial charge in [0.25, 0.3) is 11.8 Å². The van der Waals surface area contributed by atoms with E-state index in [4.69, 9.17) is 9.47 Å². The van der Waals surface area contributed by atoms with Gasteiger partial charge in [0.05, 0.1) is 5.52 Å². The Bertz CT molecular complexity index is 1580. The van der Waals surface area contributed by atoms with Crippen molar-refractivity contribution in [2.45, 2.75) is 13.8 Å². The zero-order chi connectivity index (χ0) is 28.2. The minimum Gasteiger partial charge on any atom is -0.486 e. The van der Waals surface area contributed by atoms with Gasteiger partial charge >= 0.3 is 0 Å². The Balaban J connectivity index is 1.33. The molecule has 0 unspecified atom stereocenters. The third-order valence-corrected chi connectivity index (χ3v) is 6.62. The molecular weight excluding hydrogens is 506 g/mol. The van der Waals surface area contributed by atoms with E-state index in [0.29, 0.717) is 47.2 Å². The van der Waals surface area contributed by atoms with E-state index in [-0.39, 0.29) is 11.8 Å². The summed E-state index contributed by atoms with van der Waals surface area (Å²) < 4.78 is 11.1. The van der Waals surface area contributed by atoms with Crippen LogP contribution in [-0.2, 0) is 0 Å². The lowest BCUT2D eigenvalue weighted by Crippen LogP contribution is -2.21. The van der Waals surface area contributed by atoms with Crippen molar-refractivity contribution in [1.82, 2.24) is 9.88 Å². The van der Waals surface area contributed by atoms with E-state index >= 15 is 0 Å². The van der Waals surface area contributed by atoms with Crippen LogP contribution in [0.15, 0.2) is 60.7 Å². The number of carbonyl (C=O) groups is 2. The van der Waals surface area contributed by atoms with Crippen LogP contribution in [0.2, 0.25) is 0 Å². The van der Waals surface area contributed by atoms with E-state index in [1.54, 1.807) is 36.4 Å². The number of carbonyl (C=O) groups excluding carboxylic acids is 2. The molecule has 9 nitrogen and oxygen atoms in total. The predicted octanol–water partition coefficient (Wildman–Crippen LogP) is 5.10. The Morgan fingerprint density at radius 3 is 2.35 bits per heavy atom. The largest absolute Gasteiger partial charge is 0.486 e. The topological polar surface area (TPSA) is 105 Å². The van der Waals surface area contributed by atoms with E-state index in [1.807, 2.05) is 52.2 Å². The summed E-state index contributed by atoms with van der Waals surface area (Å²) in [6.07, 6.45) is 0. The highest BCUT2D eigenvalue weighted by molar-refractivity contribution is 6.09. The fourth-order valence-electron chi connectivity index (χ4n) is 4.48. The number of likely N-dealkylation sites (N-methyl/N-ethyl adjacent to an activating group) is 1. The average Bonchev–Trinajstić information content (AvgIpc) is 2.94. The molecule has 0 bridgehead atoms. The molecule has 1 aliphatic heterocycles. The summed E-state index contributed by atoms with van der Waals surface area (Å²) in [6.45, 7) is 6.44. The Kier molecular flexibility index (Phi) is 7.84. The quantitative estimate of drug-likeness (QED) is 0.286. The van der Waals surface area contributed by atoms with E-state index < -0.39 is 0 Å². The normalized spacial score (nSPS) is 12.3. The summed E-state index contributed by atoms with van der Waals surface area (Å²) in [7, 11) is 4.06. The number of pyridine rings is 1. The molecule has 1 aliphatic rings. The van der Waals surface area contributed by atoms with Crippen LogP contribution in [0.1, 0.15) is 32.0 Å². The fourth-order valence-corrected chi connectivity index (χ4v) is 4.48. The first-order chi connectivity index (χ1) is 19.3. The monoisotopic (exact) mass is 539 g/mol. The van der Waals surface area contributed by atoms with Crippen LogP contribution in [0.3, 0.4) is 0 Å². The number of ether oxygens (including phenoxy) is 2. The van der Waals surface area contributed by atoms with Gasteiger partial charge in [0.15, 0.2) is 11.5 Å². The van der Waals surface area contributed by atoms with Gasteiger partial charge < -0.3 is 30.3 Å². The Morgan fingerprint density at radius 2 is 1.55 bits per heavy atom. The summed E-state index contributed by atoms with van der Waals surface area (Å²) in [5.74, 6) is 0.636. The third kappa shape index (κ3) is 6.16. The molecule has 0 spiro atoms. The lowest BCUT2D eigenvalue weighted by molar-refractivity contribution is 0.101. The third-order valence-electron chi connectivity index (χ3n) is 6.62. The molecule has 40 heavy (non-hydrogen) atoms. The summed E-state index contributed by atoms with van der Waals surface area (Å²) in [4.78, 5) is 33.0. The predicted molar refractivity (Wildman–Crippen MR) is 158 cm³/mol. The maximum atomic E-state index is 13.3. The van der Waals surface area contributed by atoms with Crippen molar-refractivity contribution in [3.8, 4) is 11.5 Å². The molecule has 206 valence electrons. The molecule has 4 aromatic rings. The van der Waals surface area contributed by atoms with Crippen molar-refractivity contribution >= 4 is 39.8 Å². The number of rotatable bonds is 8. The van der Waals surface area contributed by atoms with Gasteiger partial charge in [0, 0.05) is 52.4 Å². The minimum absolute atomic E-state index is 0.250. The van der Waals surface area contributed by atoms with Crippen molar-refractivity contribution in [3.05, 3.63) is 83.0 Å². The number of benzene rings is 3. The molecule has 2 amide bonds. The standard InChI is InChI=1S/C31H33N5O4/c1-19-5-8-23(34-30(37)22-7-10-28-29(17-22)40-14-13-39-28)18-26(19)35-31(38)21-6-9-25-24(16-21)27(15-20(2)33-25)32-11-12-36(3)4/h5-10,15-18H,11-14H2,1-4H3,(H,32,33)(H,34,37)(H,35,38). The summed E-state index contributed by atoms with van der Waals surface area (Å²) in [5.41, 5.74) is 5.67. The van der Waals surface area contributed by atoms with Crippen LogP contribution in [0.5, 0.6) is 11.5 Å². The van der Waals surface area contributed by atoms with Gasteiger partial charge in [0.1, 0.15) is 13.2 Å². The number of amides is 2. The molecule has 0 saturated carbocycles. The van der Waals surface area contributed by atoms with Gasteiger partial charge in [-0.15, -0.1) is 0 Å². The molecule has 9 heteroatoms. The van der Waals surface area contributed by atoms with Gasteiger partial charge in [-0.05, 0) is 88.1 Å². The molecule has 0 radical (unpaired) electrons. The number of fused-ring (bicyclic) bond motifs is 2. The number of anilines is 3. The SMILES string of the molecule is Cc1cc(NCCN(C)C)c2cc(C(=O)Nc3cc(NC(=O)c4ccc5c(c4)OCCO5)ccc3C)ccc2n1. The van der Waals surface area contributed by atoms with Crippen LogP contribution in [0.25, 0.3) is 10.9 Å².